The van der Waals surface area contributed by atoms with Crippen LogP contribution in [0.1, 0.15) is 24.9 Å². The standard InChI is InChI=1S/C17H20INO2/c1-4-14(19-15-8-6-5-7-13(15)18)12-9-10-16(20-2)17(11-12)21-3/h5-11,14,19H,4H2,1-3H3. The molecule has 112 valence electrons. The molecular weight excluding hydrogens is 377 g/mol. The van der Waals surface area contributed by atoms with E-state index >= 15 is 0 Å². The second-order valence-corrected chi connectivity index (χ2v) is 5.86. The van der Waals surface area contributed by atoms with Crippen molar-refractivity contribution < 1.29 is 9.47 Å². The van der Waals surface area contributed by atoms with Crippen LogP contribution in [0.2, 0.25) is 0 Å². The highest BCUT2D eigenvalue weighted by Crippen LogP contribution is 2.33. The molecule has 0 aliphatic heterocycles. The van der Waals surface area contributed by atoms with Crippen LogP contribution in [-0.4, -0.2) is 14.2 Å². The van der Waals surface area contributed by atoms with E-state index in [4.69, 9.17) is 9.47 Å². The highest BCUT2D eigenvalue weighted by atomic mass is 127. The molecule has 0 aliphatic carbocycles. The van der Waals surface area contributed by atoms with Gasteiger partial charge >= 0.3 is 0 Å². The zero-order valence-electron chi connectivity index (χ0n) is 12.5. The van der Waals surface area contributed by atoms with Gasteiger partial charge in [-0.05, 0) is 58.8 Å². The molecule has 21 heavy (non-hydrogen) atoms. The van der Waals surface area contributed by atoms with Crippen molar-refractivity contribution in [3.8, 4) is 11.5 Å². The first kappa shape index (κ1) is 15.9. The summed E-state index contributed by atoms with van der Waals surface area (Å²) < 4.78 is 11.9. The van der Waals surface area contributed by atoms with Crippen molar-refractivity contribution >= 4 is 28.3 Å². The average molecular weight is 397 g/mol. The Morgan fingerprint density at radius 3 is 2.38 bits per heavy atom. The molecule has 3 nitrogen and oxygen atoms in total. The van der Waals surface area contributed by atoms with Gasteiger partial charge in [-0.3, -0.25) is 0 Å². The summed E-state index contributed by atoms with van der Waals surface area (Å²) in [7, 11) is 3.32. The van der Waals surface area contributed by atoms with E-state index in [1.54, 1.807) is 14.2 Å². The molecule has 1 unspecified atom stereocenters. The summed E-state index contributed by atoms with van der Waals surface area (Å²) in [4.78, 5) is 0. The predicted molar refractivity (Wildman–Crippen MR) is 95.4 cm³/mol. The Labute approximate surface area is 139 Å². The molecule has 0 aromatic heterocycles. The lowest BCUT2D eigenvalue weighted by Gasteiger charge is -2.21. The van der Waals surface area contributed by atoms with Crippen LogP contribution in [0.4, 0.5) is 5.69 Å². The van der Waals surface area contributed by atoms with Crippen molar-refractivity contribution in [1.82, 2.24) is 0 Å². The highest BCUT2D eigenvalue weighted by Gasteiger charge is 2.13. The van der Waals surface area contributed by atoms with Gasteiger partial charge in [0.25, 0.3) is 0 Å². The summed E-state index contributed by atoms with van der Waals surface area (Å²) in [6, 6.07) is 14.6. The van der Waals surface area contributed by atoms with Gasteiger partial charge in [0.1, 0.15) is 0 Å². The lowest BCUT2D eigenvalue weighted by atomic mass is 10.0. The number of benzene rings is 2. The van der Waals surface area contributed by atoms with Crippen LogP contribution in [0.25, 0.3) is 0 Å². The largest absolute Gasteiger partial charge is 0.493 e. The first-order valence-corrected chi connectivity index (χ1v) is 8.00. The summed E-state index contributed by atoms with van der Waals surface area (Å²) >= 11 is 2.35. The molecule has 0 amide bonds. The van der Waals surface area contributed by atoms with E-state index in [-0.39, 0.29) is 6.04 Å². The van der Waals surface area contributed by atoms with Gasteiger partial charge in [0, 0.05) is 9.26 Å². The van der Waals surface area contributed by atoms with Crippen LogP contribution in [0.5, 0.6) is 11.5 Å². The molecule has 0 saturated heterocycles. The van der Waals surface area contributed by atoms with Crippen LogP contribution < -0.4 is 14.8 Å². The zero-order valence-corrected chi connectivity index (χ0v) is 14.7. The fraction of sp³-hybridized carbons (Fsp3) is 0.294. The number of methoxy groups -OCH3 is 2. The topological polar surface area (TPSA) is 30.5 Å². The fourth-order valence-electron chi connectivity index (χ4n) is 2.26. The molecule has 2 aromatic carbocycles. The maximum absolute atomic E-state index is 5.39. The van der Waals surface area contributed by atoms with Gasteiger partial charge in [-0.2, -0.15) is 0 Å². The zero-order chi connectivity index (χ0) is 15.2. The van der Waals surface area contributed by atoms with Crippen molar-refractivity contribution in [2.75, 3.05) is 19.5 Å². The Morgan fingerprint density at radius 2 is 1.76 bits per heavy atom. The SMILES string of the molecule is CCC(Nc1ccccc1I)c1ccc(OC)c(OC)c1. The van der Waals surface area contributed by atoms with Gasteiger partial charge in [-0.15, -0.1) is 0 Å². The van der Waals surface area contributed by atoms with E-state index < -0.39 is 0 Å². The number of ether oxygens (including phenoxy) is 2. The minimum atomic E-state index is 0.237. The second-order valence-electron chi connectivity index (χ2n) is 4.70. The van der Waals surface area contributed by atoms with Crippen molar-refractivity contribution in [3.63, 3.8) is 0 Å². The van der Waals surface area contributed by atoms with Crippen molar-refractivity contribution in [2.24, 2.45) is 0 Å². The number of nitrogens with one attached hydrogen (secondary N) is 1. The van der Waals surface area contributed by atoms with E-state index in [1.807, 2.05) is 24.3 Å². The lowest BCUT2D eigenvalue weighted by molar-refractivity contribution is 0.354. The van der Waals surface area contributed by atoms with Crippen LogP contribution in [-0.2, 0) is 0 Å². The number of halogens is 1. The molecule has 1 N–H and O–H groups in total. The predicted octanol–water partition coefficient (Wildman–Crippen LogP) is 4.87. The number of hydrogen-bond donors (Lipinski definition) is 1. The van der Waals surface area contributed by atoms with Gasteiger partial charge in [0.2, 0.25) is 0 Å². The van der Waals surface area contributed by atoms with E-state index in [9.17, 15) is 0 Å². The molecule has 0 fully saturated rings. The quantitative estimate of drug-likeness (QED) is 0.706. The third kappa shape index (κ3) is 3.81. The Balaban J connectivity index is 2.27. The summed E-state index contributed by atoms with van der Waals surface area (Å²) in [6.45, 7) is 2.17. The molecule has 0 bridgehead atoms. The van der Waals surface area contributed by atoms with Crippen LogP contribution in [0, 0.1) is 3.57 Å². The lowest BCUT2D eigenvalue weighted by Crippen LogP contribution is -2.10. The van der Waals surface area contributed by atoms with Crippen molar-refractivity contribution in [1.29, 1.82) is 0 Å². The summed E-state index contributed by atoms with van der Waals surface area (Å²) in [5.41, 5.74) is 2.34. The maximum Gasteiger partial charge on any atom is 0.161 e. The third-order valence-electron chi connectivity index (χ3n) is 3.42. The summed E-state index contributed by atoms with van der Waals surface area (Å²) in [6.07, 6.45) is 0.987. The highest BCUT2D eigenvalue weighted by molar-refractivity contribution is 14.1. The first-order valence-electron chi connectivity index (χ1n) is 6.92. The molecule has 0 radical (unpaired) electrons. The van der Waals surface area contributed by atoms with Gasteiger partial charge in [0.15, 0.2) is 11.5 Å². The van der Waals surface area contributed by atoms with Gasteiger partial charge in [-0.25, -0.2) is 0 Å². The molecule has 0 heterocycles. The van der Waals surface area contributed by atoms with E-state index in [0.29, 0.717) is 0 Å². The van der Waals surface area contributed by atoms with Gasteiger partial charge in [-0.1, -0.05) is 25.1 Å². The Hall–Kier alpha value is -1.43. The second kappa shape index (κ2) is 7.54. The monoisotopic (exact) mass is 397 g/mol. The molecule has 2 rings (SSSR count). The summed E-state index contributed by atoms with van der Waals surface area (Å²) in [5.74, 6) is 1.52. The Kier molecular flexibility index (Phi) is 5.73. The number of anilines is 1. The first-order chi connectivity index (χ1) is 10.2. The summed E-state index contributed by atoms with van der Waals surface area (Å²) in [5, 5.41) is 3.60. The molecule has 0 saturated carbocycles. The molecular formula is C17H20INO2. The van der Waals surface area contributed by atoms with Crippen LogP contribution in [0.3, 0.4) is 0 Å². The van der Waals surface area contributed by atoms with Crippen LogP contribution in [0.15, 0.2) is 42.5 Å². The Bertz CT molecular complexity index is 601. The van der Waals surface area contributed by atoms with Gasteiger partial charge in [0.05, 0.1) is 20.3 Å². The fourth-order valence-corrected chi connectivity index (χ4v) is 2.80. The third-order valence-corrected chi connectivity index (χ3v) is 4.36. The molecule has 0 aliphatic rings. The molecule has 4 heteroatoms. The normalized spacial score (nSPS) is 11.8. The minimum absolute atomic E-state index is 0.237. The van der Waals surface area contributed by atoms with E-state index in [0.717, 1.165) is 23.6 Å². The molecule has 2 aromatic rings. The van der Waals surface area contributed by atoms with Crippen molar-refractivity contribution in [2.45, 2.75) is 19.4 Å². The number of hydrogen-bond acceptors (Lipinski definition) is 3. The number of para-hydroxylation sites is 1. The van der Waals surface area contributed by atoms with Gasteiger partial charge < -0.3 is 14.8 Å². The smallest absolute Gasteiger partial charge is 0.161 e. The maximum atomic E-state index is 5.39. The minimum Gasteiger partial charge on any atom is -0.493 e. The number of rotatable bonds is 6. The molecule has 0 spiro atoms. The van der Waals surface area contributed by atoms with E-state index in [2.05, 4.69) is 53.0 Å². The van der Waals surface area contributed by atoms with Crippen LogP contribution >= 0.6 is 22.6 Å². The Morgan fingerprint density at radius 1 is 1.05 bits per heavy atom. The van der Waals surface area contributed by atoms with E-state index in [1.165, 1.54) is 9.13 Å². The van der Waals surface area contributed by atoms with Crippen molar-refractivity contribution in [3.05, 3.63) is 51.6 Å². The molecule has 1 atom stereocenters. The average Bonchev–Trinajstić information content (AvgIpc) is 2.53.